The van der Waals surface area contributed by atoms with E-state index in [9.17, 15) is 9.59 Å². The highest BCUT2D eigenvalue weighted by atomic mass is 35.5. The van der Waals surface area contributed by atoms with Crippen LogP contribution in [0.4, 0.5) is 5.82 Å². The van der Waals surface area contributed by atoms with Gasteiger partial charge in [-0.15, -0.1) is 0 Å². The molecule has 0 aliphatic heterocycles. The van der Waals surface area contributed by atoms with Gasteiger partial charge < -0.3 is 5.73 Å². The number of hydrogen-bond acceptors (Lipinski definition) is 6. The van der Waals surface area contributed by atoms with Gasteiger partial charge in [0.25, 0.3) is 5.56 Å². The molecule has 136 valence electrons. The molecule has 0 aromatic carbocycles. The van der Waals surface area contributed by atoms with Crippen molar-refractivity contribution in [1.82, 2.24) is 14.6 Å². The average molecular weight is 411 g/mol. The van der Waals surface area contributed by atoms with Crippen molar-refractivity contribution >= 4 is 57.2 Å². The first kappa shape index (κ1) is 18.8. The number of allylic oxidation sites excluding steroid dienone is 5. The summed E-state index contributed by atoms with van der Waals surface area (Å²) in [5.41, 5.74) is 6.35. The molecule has 0 saturated carbocycles. The predicted octanol–water partition coefficient (Wildman–Crippen LogP) is 3.68. The van der Waals surface area contributed by atoms with Gasteiger partial charge in [-0.05, 0) is 30.2 Å². The highest BCUT2D eigenvalue weighted by Gasteiger charge is 2.18. The van der Waals surface area contributed by atoms with E-state index >= 15 is 0 Å². The van der Waals surface area contributed by atoms with Gasteiger partial charge in [0.05, 0.1) is 15.6 Å². The Labute approximate surface area is 163 Å². The average Bonchev–Trinajstić information content (AvgIpc) is 2.99. The SMILES string of the molecule is CCCCCc1nn2c(N)c(C=C3C=C(Cl)C(=O)C(Cl)=C3)c(=O)nc2s1. The number of carbonyl (C=O) groups is 1. The molecular formula is C17H16Cl2N4O2S. The van der Waals surface area contributed by atoms with Crippen LogP contribution in [0.25, 0.3) is 11.0 Å². The van der Waals surface area contributed by atoms with E-state index in [4.69, 9.17) is 28.9 Å². The molecule has 3 rings (SSSR count). The normalized spacial score (nSPS) is 14.6. The Balaban J connectivity index is 2.03. The number of unbranched alkanes of at least 4 members (excludes halogenated alkanes) is 2. The number of rotatable bonds is 5. The fourth-order valence-electron chi connectivity index (χ4n) is 2.51. The van der Waals surface area contributed by atoms with Gasteiger partial charge in [0.2, 0.25) is 10.7 Å². The molecule has 0 bridgehead atoms. The molecule has 2 aromatic rings. The lowest BCUT2D eigenvalue weighted by Crippen LogP contribution is -2.17. The summed E-state index contributed by atoms with van der Waals surface area (Å²) in [5.74, 6) is -0.267. The number of carbonyl (C=O) groups excluding carboxylic acids is 1. The lowest BCUT2D eigenvalue weighted by molar-refractivity contribution is -0.111. The number of fused-ring (bicyclic) bond motifs is 1. The van der Waals surface area contributed by atoms with Crippen molar-refractivity contribution in [3.63, 3.8) is 0 Å². The monoisotopic (exact) mass is 410 g/mol. The summed E-state index contributed by atoms with van der Waals surface area (Å²) >= 11 is 13.1. The number of nitrogens with two attached hydrogens (primary N) is 1. The third kappa shape index (κ3) is 3.75. The second-order valence-corrected chi connectivity index (χ2v) is 7.68. The predicted molar refractivity (Wildman–Crippen MR) is 106 cm³/mol. The molecule has 6 nitrogen and oxygen atoms in total. The third-order valence-electron chi connectivity index (χ3n) is 3.86. The molecule has 0 atom stereocenters. The molecule has 0 amide bonds. The minimum absolute atomic E-state index is 0.0247. The Morgan fingerprint density at radius 2 is 1.92 bits per heavy atom. The van der Waals surface area contributed by atoms with Crippen LogP contribution in [0.1, 0.15) is 36.8 Å². The van der Waals surface area contributed by atoms with E-state index in [0.717, 1.165) is 30.7 Å². The Bertz CT molecular complexity index is 1010. The van der Waals surface area contributed by atoms with Crippen LogP contribution >= 0.6 is 34.5 Å². The summed E-state index contributed by atoms with van der Waals surface area (Å²) in [4.78, 5) is 28.5. The minimum atomic E-state index is -0.468. The van der Waals surface area contributed by atoms with Gasteiger partial charge in [-0.1, -0.05) is 54.3 Å². The van der Waals surface area contributed by atoms with Gasteiger partial charge >= 0.3 is 0 Å². The van der Waals surface area contributed by atoms with E-state index in [1.54, 1.807) is 0 Å². The Morgan fingerprint density at radius 3 is 2.58 bits per heavy atom. The number of aryl methyl sites for hydroxylation is 1. The van der Waals surface area contributed by atoms with Crippen LogP contribution in [0, 0.1) is 0 Å². The maximum atomic E-state index is 12.4. The quantitative estimate of drug-likeness (QED) is 0.759. The van der Waals surface area contributed by atoms with Crippen molar-refractivity contribution in [3.8, 4) is 0 Å². The third-order valence-corrected chi connectivity index (χ3v) is 5.39. The minimum Gasteiger partial charge on any atom is -0.383 e. The summed E-state index contributed by atoms with van der Waals surface area (Å²) in [6.45, 7) is 2.14. The number of halogens is 2. The topological polar surface area (TPSA) is 90.4 Å². The lowest BCUT2D eigenvalue weighted by atomic mass is 10.1. The Kier molecular flexibility index (Phi) is 5.60. The van der Waals surface area contributed by atoms with E-state index in [1.807, 2.05) is 0 Å². The number of nitrogens with zero attached hydrogens (tertiary/aromatic N) is 3. The molecule has 26 heavy (non-hydrogen) atoms. The molecular weight excluding hydrogens is 395 g/mol. The van der Waals surface area contributed by atoms with Crippen molar-refractivity contribution in [2.45, 2.75) is 32.6 Å². The highest BCUT2D eigenvalue weighted by Crippen LogP contribution is 2.26. The summed E-state index contributed by atoms with van der Waals surface area (Å²) < 4.78 is 1.48. The molecule has 2 heterocycles. The van der Waals surface area contributed by atoms with E-state index in [2.05, 4.69) is 17.0 Å². The smallest absolute Gasteiger partial charge is 0.283 e. The van der Waals surface area contributed by atoms with Crippen molar-refractivity contribution in [1.29, 1.82) is 0 Å². The van der Waals surface area contributed by atoms with Gasteiger partial charge in [-0.25, -0.2) is 0 Å². The van der Waals surface area contributed by atoms with Crippen LogP contribution in [0.5, 0.6) is 0 Å². The summed E-state index contributed by atoms with van der Waals surface area (Å²) in [5, 5.41) is 5.30. The van der Waals surface area contributed by atoms with Crippen molar-refractivity contribution in [2.24, 2.45) is 0 Å². The van der Waals surface area contributed by atoms with Gasteiger partial charge in [-0.3, -0.25) is 9.59 Å². The number of ketones is 1. The fourth-order valence-corrected chi connectivity index (χ4v) is 3.95. The second kappa shape index (κ2) is 7.73. The van der Waals surface area contributed by atoms with Gasteiger partial charge in [0, 0.05) is 6.42 Å². The maximum Gasteiger partial charge on any atom is 0.283 e. The molecule has 1 aliphatic carbocycles. The van der Waals surface area contributed by atoms with Crippen molar-refractivity contribution < 1.29 is 4.79 Å². The maximum absolute atomic E-state index is 12.4. The van der Waals surface area contributed by atoms with E-state index in [-0.39, 0.29) is 21.4 Å². The van der Waals surface area contributed by atoms with Crippen LogP contribution in [-0.2, 0) is 11.2 Å². The van der Waals surface area contributed by atoms with Crippen molar-refractivity contribution in [3.05, 3.63) is 48.7 Å². The zero-order valence-corrected chi connectivity index (χ0v) is 16.3. The molecule has 2 N–H and O–H groups in total. The van der Waals surface area contributed by atoms with Crippen LogP contribution in [-0.4, -0.2) is 20.4 Å². The number of anilines is 1. The zero-order valence-electron chi connectivity index (χ0n) is 14.0. The number of hydrogen-bond donors (Lipinski definition) is 1. The molecule has 0 fully saturated rings. The molecule has 2 aromatic heterocycles. The fraction of sp³-hybridized carbons (Fsp3) is 0.294. The van der Waals surface area contributed by atoms with E-state index in [0.29, 0.717) is 10.5 Å². The zero-order chi connectivity index (χ0) is 18.8. The van der Waals surface area contributed by atoms with Gasteiger partial charge in [0.15, 0.2) is 0 Å². The molecule has 9 heteroatoms. The Hall–Kier alpha value is -1.96. The first-order chi connectivity index (χ1) is 12.4. The van der Waals surface area contributed by atoms with Crippen LogP contribution < -0.4 is 11.3 Å². The second-order valence-electron chi connectivity index (χ2n) is 5.82. The summed E-state index contributed by atoms with van der Waals surface area (Å²) in [6, 6.07) is 0. The molecule has 0 radical (unpaired) electrons. The van der Waals surface area contributed by atoms with E-state index in [1.165, 1.54) is 34.1 Å². The number of nitrogen functional groups attached to an aromatic ring is 1. The van der Waals surface area contributed by atoms with Gasteiger partial charge in [-0.2, -0.15) is 14.6 Å². The summed E-state index contributed by atoms with van der Waals surface area (Å²) in [6.07, 6.45) is 8.46. The highest BCUT2D eigenvalue weighted by molar-refractivity contribution is 7.16. The number of aromatic nitrogens is 3. The molecule has 0 unspecified atom stereocenters. The lowest BCUT2D eigenvalue weighted by Gasteiger charge is -2.07. The number of Topliss-reactive ketones (excluding diaryl/α,β-unsaturated/α-hetero) is 1. The van der Waals surface area contributed by atoms with Gasteiger partial charge in [0.1, 0.15) is 10.8 Å². The summed E-state index contributed by atoms with van der Waals surface area (Å²) in [7, 11) is 0. The van der Waals surface area contributed by atoms with Crippen molar-refractivity contribution in [2.75, 3.05) is 5.73 Å². The molecule has 0 saturated heterocycles. The standard InChI is InChI=1S/C17H16Cl2N4O2S/c1-2-3-4-5-13-22-23-15(20)10(16(25)21-17(23)26-13)6-9-7-11(18)14(24)12(19)8-9/h6-8H,2-5,20H2,1H3. The van der Waals surface area contributed by atoms with Crippen LogP contribution in [0.15, 0.2) is 32.6 Å². The van der Waals surface area contributed by atoms with E-state index < -0.39 is 11.3 Å². The first-order valence-electron chi connectivity index (χ1n) is 8.09. The Morgan fingerprint density at radius 1 is 1.23 bits per heavy atom. The van der Waals surface area contributed by atoms with Crippen LogP contribution in [0.3, 0.4) is 0 Å². The molecule has 1 aliphatic rings. The van der Waals surface area contributed by atoms with Crippen LogP contribution in [0.2, 0.25) is 0 Å². The first-order valence-corrected chi connectivity index (χ1v) is 9.67. The molecule has 0 spiro atoms. The largest absolute Gasteiger partial charge is 0.383 e.